The number of rotatable bonds is 9. The SMILES string of the molecule is C=C(/C=C\N(N)CCc1ccccc1)c1ccc(C(=O)NOC2CCCCO2)s1. The minimum Gasteiger partial charge on any atom is -0.350 e. The molecule has 1 aliphatic heterocycles. The van der Waals surface area contributed by atoms with Crippen LogP contribution in [0.4, 0.5) is 0 Å². The molecule has 1 saturated heterocycles. The summed E-state index contributed by atoms with van der Waals surface area (Å²) in [6.45, 7) is 5.43. The molecule has 1 aliphatic rings. The maximum absolute atomic E-state index is 12.3. The summed E-state index contributed by atoms with van der Waals surface area (Å²) in [5.41, 5.74) is 4.51. The summed E-state index contributed by atoms with van der Waals surface area (Å²) in [6, 6.07) is 13.8. The van der Waals surface area contributed by atoms with E-state index in [2.05, 4.69) is 24.2 Å². The molecule has 0 bridgehead atoms. The third-order valence-electron chi connectivity index (χ3n) is 4.54. The second kappa shape index (κ2) is 10.9. The van der Waals surface area contributed by atoms with Gasteiger partial charge in [-0.1, -0.05) is 36.9 Å². The van der Waals surface area contributed by atoms with Crippen LogP contribution in [0.5, 0.6) is 0 Å². The van der Waals surface area contributed by atoms with Gasteiger partial charge in [0.05, 0.1) is 4.88 Å². The van der Waals surface area contributed by atoms with Gasteiger partial charge in [-0.25, -0.2) is 16.2 Å². The van der Waals surface area contributed by atoms with Crippen LogP contribution in [0.25, 0.3) is 5.57 Å². The van der Waals surface area contributed by atoms with Gasteiger partial charge in [-0.05, 0) is 48.6 Å². The summed E-state index contributed by atoms with van der Waals surface area (Å²) in [6.07, 6.45) is 7.01. The highest BCUT2D eigenvalue weighted by Crippen LogP contribution is 2.24. The first-order valence-corrected chi connectivity index (χ1v) is 10.5. The fourth-order valence-electron chi connectivity index (χ4n) is 2.85. The average molecular weight is 414 g/mol. The number of carbonyl (C=O) groups is 1. The van der Waals surface area contributed by atoms with E-state index in [1.54, 1.807) is 17.3 Å². The smallest absolute Gasteiger partial charge is 0.285 e. The molecular weight excluding hydrogens is 386 g/mol. The number of amides is 1. The molecule has 29 heavy (non-hydrogen) atoms. The van der Waals surface area contributed by atoms with Gasteiger partial charge >= 0.3 is 0 Å². The normalized spacial score (nSPS) is 16.7. The Bertz CT molecular complexity index is 829. The topological polar surface area (TPSA) is 76.8 Å². The minimum atomic E-state index is -0.364. The number of hydroxylamine groups is 1. The lowest BCUT2D eigenvalue weighted by Crippen LogP contribution is -2.32. The van der Waals surface area contributed by atoms with Gasteiger partial charge < -0.3 is 9.75 Å². The Kier molecular flexibility index (Phi) is 8.01. The van der Waals surface area contributed by atoms with E-state index in [4.69, 9.17) is 15.4 Å². The van der Waals surface area contributed by atoms with Crippen LogP contribution >= 0.6 is 11.3 Å². The van der Waals surface area contributed by atoms with Gasteiger partial charge in [-0.15, -0.1) is 11.3 Å². The van der Waals surface area contributed by atoms with Crippen LogP contribution in [0.2, 0.25) is 0 Å². The lowest BCUT2D eigenvalue weighted by Gasteiger charge is -2.21. The molecule has 2 heterocycles. The number of hydrogen-bond acceptors (Lipinski definition) is 6. The fraction of sp³-hybridized carbons (Fsp3) is 0.318. The highest BCUT2D eigenvalue weighted by molar-refractivity contribution is 7.15. The lowest BCUT2D eigenvalue weighted by molar-refractivity contribution is -0.186. The number of hydrazine groups is 1. The fourth-order valence-corrected chi connectivity index (χ4v) is 3.69. The van der Waals surface area contributed by atoms with Crippen molar-refractivity contribution in [2.24, 2.45) is 5.84 Å². The predicted octanol–water partition coefficient (Wildman–Crippen LogP) is 3.88. The van der Waals surface area contributed by atoms with Crippen molar-refractivity contribution in [3.63, 3.8) is 0 Å². The zero-order valence-electron chi connectivity index (χ0n) is 16.4. The van der Waals surface area contributed by atoms with Crippen LogP contribution in [0.15, 0.2) is 61.3 Å². The summed E-state index contributed by atoms with van der Waals surface area (Å²) >= 11 is 1.35. The minimum absolute atomic E-state index is 0.282. The molecule has 0 saturated carbocycles. The van der Waals surface area contributed by atoms with Crippen molar-refractivity contribution < 1.29 is 14.4 Å². The van der Waals surface area contributed by atoms with Crippen LogP contribution < -0.4 is 11.3 Å². The highest BCUT2D eigenvalue weighted by atomic mass is 32.1. The van der Waals surface area contributed by atoms with Gasteiger partial charge in [0.2, 0.25) is 0 Å². The summed E-state index contributed by atoms with van der Waals surface area (Å²) < 4.78 is 5.44. The second-order valence-corrected chi connectivity index (χ2v) is 7.91. The third-order valence-corrected chi connectivity index (χ3v) is 5.70. The number of carbonyl (C=O) groups excluding carboxylic acids is 1. The Labute approximate surface area is 175 Å². The van der Waals surface area contributed by atoms with Crippen molar-refractivity contribution in [1.82, 2.24) is 10.5 Å². The molecule has 1 aromatic carbocycles. The molecule has 1 amide bonds. The largest absolute Gasteiger partial charge is 0.350 e. The molecule has 7 heteroatoms. The summed E-state index contributed by atoms with van der Waals surface area (Å²) in [7, 11) is 0. The number of benzene rings is 1. The first-order valence-electron chi connectivity index (χ1n) is 9.72. The molecule has 1 unspecified atom stereocenters. The first kappa shape index (κ1) is 21.3. The Hall–Kier alpha value is -2.45. The van der Waals surface area contributed by atoms with Gasteiger partial charge in [0.1, 0.15) is 0 Å². The quantitative estimate of drug-likeness (QED) is 0.371. The van der Waals surface area contributed by atoms with Crippen LogP contribution in [-0.4, -0.2) is 30.4 Å². The Morgan fingerprint density at radius 1 is 1.28 bits per heavy atom. The number of nitrogens with two attached hydrogens (primary N) is 1. The summed E-state index contributed by atoms with van der Waals surface area (Å²) in [5, 5.41) is 1.64. The van der Waals surface area contributed by atoms with E-state index >= 15 is 0 Å². The molecule has 6 nitrogen and oxygen atoms in total. The van der Waals surface area contributed by atoms with Crippen molar-refractivity contribution in [3.05, 3.63) is 76.6 Å². The lowest BCUT2D eigenvalue weighted by atomic mass is 10.1. The molecule has 0 radical (unpaired) electrons. The van der Waals surface area contributed by atoms with E-state index in [0.29, 0.717) is 18.0 Å². The summed E-state index contributed by atoms with van der Waals surface area (Å²) in [4.78, 5) is 19.0. The van der Waals surface area contributed by atoms with Crippen LogP contribution in [0.3, 0.4) is 0 Å². The Morgan fingerprint density at radius 2 is 2.07 bits per heavy atom. The van der Waals surface area contributed by atoms with Crippen molar-refractivity contribution in [2.45, 2.75) is 32.0 Å². The number of allylic oxidation sites excluding steroid dienone is 2. The number of thiophene rings is 1. The molecule has 2 aromatic rings. The molecule has 3 N–H and O–H groups in total. The maximum Gasteiger partial charge on any atom is 0.285 e. The van der Waals surface area contributed by atoms with E-state index in [0.717, 1.165) is 36.1 Å². The molecule has 154 valence electrons. The van der Waals surface area contributed by atoms with Crippen molar-refractivity contribution in [3.8, 4) is 0 Å². The third kappa shape index (κ3) is 6.83. The number of nitrogens with one attached hydrogen (secondary N) is 1. The van der Waals surface area contributed by atoms with E-state index in [1.807, 2.05) is 30.3 Å². The number of hydrogen-bond donors (Lipinski definition) is 2. The van der Waals surface area contributed by atoms with Crippen molar-refractivity contribution >= 4 is 22.8 Å². The average Bonchev–Trinajstić information content (AvgIpc) is 3.26. The molecular formula is C22H27N3O3S. The molecule has 1 atom stereocenters. The maximum atomic E-state index is 12.3. The molecule has 0 spiro atoms. The van der Waals surface area contributed by atoms with Crippen molar-refractivity contribution in [2.75, 3.05) is 13.2 Å². The molecule has 0 aliphatic carbocycles. The highest BCUT2D eigenvalue weighted by Gasteiger charge is 2.17. The molecule has 1 fully saturated rings. The zero-order chi connectivity index (χ0) is 20.5. The van der Waals surface area contributed by atoms with Gasteiger partial charge in [0.15, 0.2) is 6.29 Å². The number of nitrogens with zero attached hydrogens (tertiary/aromatic N) is 1. The second-order valence-electron chi connectivity index (χ2n) is 6.82. The Morgan fingerprint density at radius 3 is 2.83 bits per heavy atom. The van der Waals surface area contributed by atoms with Crippen LogP contribution in [0, 0.1) is 0 Å². The van der Waals surface area contributed by atoms with E-state index < -0.39 is 0 Å². The standard InChI is InChI=1S/C22H27N3O3S/c1-17(12-14-25(23)15-13-18-7-3-2-4-8-18)19-10-11-20(29-19)22(26)24-28-21-9-5-6-16-27-21/h2-4,7-8,10-12,14,21H,1,5-6,9,13,15-16,23H2,(H,24,26)/b14-12-. The first-order chi connectivity index (χ1) is 14.1. The molecule has 1 aromatic heterocycles. The zero-order valence-corrected chi connectivity index (χ0v) is 17.2. The van der Waals surface area contributed by atoms with E-state index in [1.165, 1.54) is 16.9 Å². The van der Waals surface area contributed by atoms with Crippen LogP contribution in [-0.2, 0) is 16.0 Å². The van der Waals surface area contributed by atoms with E-state index in [-0.39, 0.29) is 12.2 Å². The van der Waals surface area contributed by atoms with Crippen molar-refractivity contribution in [1.29, 1.82) is 0 Å². The van der Waals surface area contributed by atoms with Gasteiger partial charge in [0.25, 0.3) is 5.91 Å². The van der Waals surface area contributed by atoms with E-state index in [9.17, 15) is 4.79 Å². The van der Waals surface area contributed by atoms with Gasteiger partial charge in [0, 0.05) is 30.6 Å². The number of ether oxygens (including phenoxy) is 1. The predicted molar refractivity (Wildman–Crippen MR) is 116 cm³/mol. The van der Waals surface area contributed by atoms with Gasteiger partial charge in [-0.2, -0.15) is 0 Å². The Balaban J connectivity index is 1.45. The van der Waals surface area contributed by atoms with Gasteiger partial charge in [-0.3, -0.25) is 4.79 Å². The summed E-state index contributed by atoms with van der Waals surface area (Å²) in [5.74, 6) is 5.75. The monoisotopic (exact) mass is 413 g/mol. The molecule has 3 rings (SSSR count). The van der Waals surface area contributed by atoms with Crippen LogP contribution in [0.1, 0.15) is 39.4 Å².